The van der Waals surface area contributed by atoms with Crippen molar-refractivity contribution in [1.82, 2.24) is 5.48 Å². The summed E-state index contributed by atoms with van der Waals surface area (Å²) in [6, 6.07) is 12.5. The Labute approximate surface area is 139 Å². The van der Waals surface area contributed by atoms with Gasteiger partial charge in [0, 0.05) is 11.4 Å². The molecule has 5 nitrogen and oxygen atoms in total. The fourth-order valence-electron chi connectivity index (χ4n) is 2.09. The molecule has 0 bridgehead atoms. The zero-order valence-electron chi connectivity index (χ0n) is 12.5. The van der Waals surface area contributed by atoms with Gasteiger partial charge in [0.25, 0.3) is 0 Å². The quantitative estimate of drug-likeness (QED) is 0.409. The molecular formula is C17H18ClNO4. The lowest BCUT2D eigenvalue weighted by Gasteiger charge is -2.10. The summed E-state index contributed by atoms with van der Waals surface area (Å²) in [5.41, 5.74) is 3.40. The van der Waals surface area contributed by atoms with E-state index in [1.165, 1.54) is 0 Å². The zero-order valence-corrected chi connectivity index (χ0v) is 13.2. The minimum absolute atomic E-state index is 0.0607. The van der Waals surface area contributed by atoms with Gasteiger partial charge in [-0.1, -0.05) is 29.8 Å². The summed E-state index contributed by atoms with van der Waals surface area (Å²) in [6.45, 7) is 0.382. The van der Waals surface area contributed by atoms with E-state index in [9.17, 15) is 9.90 Å². The van der Waals surface area contributed by atoms with Crippen molar-refractivity contribution in [1.29, 1.82) is 0 Å². The van der Waals surface area contributed by atoms with Gasteiger partial charge in [-0.2, -0.15) is 0 Å². The third-order valence-electron chi connectivity index (χ3n) is 3.32. The highest BCUT2D eigenvalue weighted by Crippen LogP contribution is 2.32. The van der Waals surface area contributed by atoms with Gasteiger partial charge in [0.15, 0.2) is 11.5 Å². The Morgan fingerprint density at radius 1 is 1.09 bits per heavy atom. The number of hydroxylamine groups is 1. The highest BCUT2D eigenvalue weighted by atomic mass is 35.5. The summed E-state index contributed by atoms with van der Waals surface area (Å²) in [5, 5.41) is 19.1. The summed E-state index contributed by atoms with van der Waals surface area (Å²) in [5.74, 6) is 0.0417. The maximum atomic E-state index is 10.8. The van der Waals surface area contributed by atoms with Crippen LogP contribution in [0.25, 0.3) is 11.1 Å². The van der Waals surface area contributed by atoms with E-state index >= 15 is 0 Å². The van der Waals surface area contributed by atoms with Gasteiger partial charge in [0.05, 0.1) is 6.61 Å². The number of hydrogen-bond acceptors (Lipinski definition) is 4. The van der Waals surface area contributed by atoms with Crippen LogP contribution in [0, 0.1) is 0 Å². The Kier molecular flexibility index (Phi) is 6.26. The first-order valence-corrected chi connectivity index (χ1v) is 7.62. The minimum Gasteiger partial charge on any atom is -0.504 e. The van der Waals surface area contributed by atoms with Crippen LogP contribution in [0.4, 0.5) is 0 Å². The maximum absolute atomic E-state index is 10.8. The number of nitrogens with one attached hydrogen (secondary N) is 1. The Balaban J connectivity index is 1.89. The first kappa shape index (κ1) is 17.1. The van der Waals surface area contributed by atoms with Crippen LogP contribution in [0.2, 0.25) is 5.02 Å². The molecule has 122 valence electrons. The summed E-state index contributed by atoms with van der Waals surface area (Å²) >= 11 is 5.86. The van der Waals surface area contributed by atoms with E-state index in [2.05, 4.69) is 0 Å². The van der Waals surface area contributed by atoms with Crippen LogP contribution in [0.5, 0.6) is 11.5 Å². The second-order valence-corrected chi connectivity index (χ2v) is 5.47. The van der Waals surface area contributed by atoms with Crippen LogP contribution >= 0.6 is 11.6 Å². The Morgan fingerprint density at radius 2 is 1.78 bits per heavy atom. The molecule has 0 heterocycles. The van der Waals surface area contributed by atoms with Crippen LogP contribution in [0.3, 0.4) is 0 Å². The van der Waals surface area contributed by atoms with Crippen molar-refractivity contribution in [3.63, 3.8) is 0 Å². The topological polar surface area (TPSA) is 78.8 Å². The SMILES string of the molecule is O=C(CCCCOc1ccc(-c2ccc(Cl)cc2)cc1O)NO. The van der Waals surface area contributed by atoms with Crippen LogP contribution in [0.15, 0.2) is 42.5 Å². The van der Waals surface area contributed by atoms with E-state index in [0.29, 0.717) is 30.2 Å². The smallest absolute Gasteiger partial charge is 0.243 e. The number of benzene rings is 2. The molecule has 0 spiro atoms. The number of aromatic hydroxyl groups is 1. The number of carbonyl (C=O) groups is 1. The van der Waals surface area contributed by atoms with E-state index in [4.69, 9.17) is 21.5 Å². The van der Waals surface area contributed by atoms with Gasteiger partial charge in [-0.05, 0) is 48.2 Å². The molecular weight excluding hydrogens is 318 g/mol. The summed E-state index contributed by atoms with van der Waals surface area (Å²) in [7, 11) is 0. The van der Waals surface area contributed by atoms with E-state index in [1.54, 1.807) is 29.7 Å². The van der Waals surface area contributed by atoms with Crippen molar-refractivity contribution in [2.45, 2.75) is 19.3 Å². The third-order valence-corrected chi connectivity index (χ3v) is 3.57. The molecule has 0 aromatic heterocycles. The highest BCUT2D eigenvalue weighted by Gasteiger charge is 2.06. The average Bonchev–Trinajstić information content (AvgIpc) is 2.56. The van der Waals surface area contributed by atoms with Crippen molar-refractivity contribution in [3.8, 4) is 22.6 Å². The second kappa shape index (κ2) is 8.41. The molecule has 2 aromatic carbocycles. The molecule has 0 aliphatic carbocycles. The third kappa shape index (κ3) is 5.16. The molecule has 0 aliphatic rings. The Bertz CT molecular complexity index is 658. The highest BCUT2D eigenvalue weighted by molar-refractivity contribution is 6.30. The summed E-state index contributed by atoms with van der Waals surface area (Å²) in [4.78, 5) is 10.8. The van der Waals surface area contributed by atoms with Crippen LogP contribution in [0.1, 0.15) is 19.3 Å². The number of ether oxygens (including phenoxy) is 1. The normalized spacial score (nSPS) is 10.3. The van der Waals surface area contributed by atoms with Crippen LogP contribution in [-0.2, 0) is 4.79 Å². The standard InChI is InChI=1S/C17H18ClNO4/c18-14-7-4-12(5-8-14)13-6-9-16(15(20)11-13)23-10-2-1-3-17(21)19-22/h4-9,11,20,22H,1-3,10H2,(H,19,21). The molecule has 0 radical (unpaired) electrons. The molecule has 2 aromatic rings. The van der Waals surface area contributed by atoms with E-state index in [-0.39, 0.29) is 12.2 Å². The molecule has 2 rings (SSSR count). The Morgan fingerprint density at radius 3 is 2.43 bits per heavy atom. The van der Waals surface area contributed by atoms with Gasteiger partial charge in [-0.25, -0.2) is 5.48 Å². The first-order valence-electron chi connectivity index (χ1n) is 7.25. The van der Waals surface area contributed by atoms with E-state index < -0.39 is 5.91 Å². The number of carbonyl (C=O) groups excluding carboxylic acids is 1. The van der Waals surface area contributed by atoms with Gasteiger partial charge in [0.1, 0.15) is 0 Å². The zero-order chi connectivity index (χ0) is 16.7. The number of amides is 1. The Hall–Kier alpha value is -2.24. The molecule has 0 atom stereocenters. The lowest BCUT2D eigenvalue weighted by Crippen LogP contribution is -2.18. The van der Waals surface area contributed by atoms with E-state index in [0.717, 1.165) is 11.1 Å². The molecule has 3 N–H and O–H groups in total. The molecule has 0 fully saturated rings. The largest absolute Gasteiger partial charge is 0.504 e. The number of unbranched alkanes of at least 4 members (excludes halogenated alkanes) is 1. The second-order valence-electron chi connectivity index (χ2n) is 5.03. The minimum atomic E-state index is -0.417. The number of phenols is 1. The number of phenolic OH excluding ortho intramolecular Hbond substituents is 1. The van der Waals surface area contributed by atoms with Gasteiger partial charge in [-0.3, -0.25) is 10.0 Å². The van der Waals surface area contributed by atoms with Crippen molar-refractivity contribution in [2.24, 2.45) is 0 Å². The molecule has 6 heteroatoms. The summed E-state index contributed by atoms with van der Waals surface area (Å²) < 4.78 is 5.50. The predicted molar refractivity (Wildman–Crippen MR) is 87.8 cm³/mol. The van der Waals surface area contributed by atoms with E-state index in [1.807, 2.05) is 18.2 Å². The van der Waals surface area contributed by atoms with Crippen LogP contribution < -0.4 is 10.2 Å². The lowest BCUT2D eigenvalue weighted by atomic mass is 10.1. The monoisotopic (exact) mass is 335 g/mol. The fourth-order valence-corrected chi connectivity index (χ4v) is 2.21. The number of hydrogen-bond donors (Lipinski definition) is 3. The van der Waals surface area contributed by atoms with Crippen molar-refractivity contribution in [3.05, 3.63) is 47.5 Å². The number of rotatable bonds is 7. The molecule has 1 amide bonds. The first-order chi connectivity index (χ1) is 11.1. The molecule has 0 aliphatic heterocycles. The summed E-state index contributed by atoms with van der Waals surface area (Å²) in [6.07, 6.45) is 1.48. The van der Waals surface area contributed by atoms with Crippen molar-refractivity contribution in [2.75, 3.05) is 6.61 Å². The maximum Gasteiger partial charge on any atom is 0.243 e. The van der Waals surface area contributed by atoms with Crippen LogP contribution in [-0.4, -0.2) is 22.8 Å². The molecule has 23 heavy (non-hydrogen) atoms. The van der Waals surface area contributed by atoms with Gasteiger partial charge >= 0.3 is 0 Å². The van der Waals surface area contributed by atoms with Crippen molar-refractivity contribution >= 4 is 17.5 Å². The van der Waals surface area contributed by atoms with Gasteiger partial charge < -0.3 is 9.84 Å². The molecule has 0 unspecified atom stereocenters. The molecule has 0 saturated heterocycles. The molecule has 0 saturated carbocycles. The van der Waals surface area contributed by atoms with Crippen molar-refractivity contribution < 1.29 is 19.8 Å². The predicted octanol–water partition coefficient (Wildman–Crippen LogP) is 3.77. The lowest BCUT2D eigenvalue weighted by molar-refractivity contribution is -0.129. The number of halogens is 1. The average molecular weight is 336 g/mol. The van der Waals surface area contributed by atoms with Gasteiger partial charge in [-0.15, -0.1) is 0 Å². The van der Waals surface area contributed by atoms with Gasteiger partial charge in [0.2, 0.25) is 5.91 Å². The fraction of sp³-hybridized carbons (Fsp3) is 0.235.